The summed E-state index contributed by atoms with van der Waals surface area (Å²) >= 11 is 0. The first-order valence-corrected chi connectivity index (χ1v) is 10.4. The molecule has 1 aromatic carbocycles. The molecule has 5 heteroatoms. The molecule has 0 saturated heterocycles. The van der Waals surface area contributed by atoms with Gasteiger partial charge < -0.3 is 4.42 Å². The second kappa shape index (κ2) is 5.28. The van der Waals surface area contributed by atoms with E-state index in [0.717, 1.165) is 61.0 Å². The molecule has 0 spiro atoms. The monoisotopic (exact) mass is 396 g/mol. The topological polar surface area (TPSA) is 56.2 Å². The number of aromatic nitrogens is 4. The molecular weight excluding hydrogens is 372 g/mol. The SMILES string of the molecule is CC(C)(C)c1cc2nc3c4cc5c6ccc(o6)c5cc4nc(C(C)(C)C)n3c2cn1. The van der Waals surface area contributed by atoms with Crippen molar-refractivity contribution in [2.24, 2.45) is 0 Å². The summed E-state index contributed by atoms with van der Waals surface area (Å²) in [5.74, 6) is 0.982. The Morgan fingerprint density at radius 3 is 2.13 bits per heavy atom. The summed E-state index contributed by atoms with van der Waals surface area (Å²) in [7, 11) is 0. The molecule has 0 atom stereocenters. The summed E-state index contributed by atoms with van der Waals surface area (Å²) in [5.41, 5.74) is 6.50. The smallest absolute Gasteiger partial charge is 0.148 e. The fraction of sp³-hybridized carbons (Fsp3) is 0.320. The molecule has 0 aliphatic heterocycles. The molecule has 0 amide bonds. The van der Waals surface area contributed by atoms with Crippen molar-refractivity contribution < 1.29 is 4.42 Å². The van der Waals surface area contributed by atoms with Gasteiger partial charge in [0.2, 0.25) is 0 Å². The number of imidazole rings is 1. The van der Waals surface area contributed by atoms with Gasteiger partial charge in [-0.25, -0.2) is 9.97 Å². The van der Waals surface area contributed by atoms with Gasteiger partial charge in [-0.3, -0.25) is 9.38 Å². The number of nitrogens with zero attached hydrogens (tertiary/aromatic N) is 4. The first kappa shape index (κ1) is 17.6. The Kier molecular flexibility index (Phi) is 3.10. The Balaban J connectivity index is 1.82. The predicted octanol–water partition coefficient (Wildman–Crippen LogP) is 6.36. The van der Waals surface area contributed by atoms with Crippen LogP contribution in [0.3, 0.4) is 0 Å². The number of hydrogen-bond donors (Lipinski definition) is 0. The standard InChI is InChI=1S/C25H24N4O/c1-24(2,3)21-11-17-18(12-26-21)29-22(27-17)15-9-13-14(20-8-7-19(13)30-20)10-16(15)28-23(29)25(4,5)6/h7-12H,1-6H3. The van der Waals surface area contributed by atoms with Crippen LogP contribution < -0.4 is 0 Å². The van der Waals surface area contributed by atoms with E-state index in [-0.39, 0.29) is 10.8 Å². The van der Waals surface area contributed by atoms with E-state index in [9.17, 15) is 0 Å². The largest absolute Gasteiger partial charge is 0.456 e. The minimum absolute atomic E-state index is 0.0330. The molecule has 0 fully saturated rings. The fourth-order valence-corrected chi connectivity index (χ4v) is 4.34. The van der Waals surface area contributed by atoms with Crippen LogP contribution in [-0.2, 0) is 10.8 Å². The second-order valence-corrected chi connectivity index (χ2v) is 10.3. The highest BCUT2D eigenvalue weighted by Gasteiger charge is 2.25. The van der Waals surface area contributed by atoms with Crippen LogP contribution >= 0.6 is 0 Å². The van der Waals surface area contributed by atoms with Crippen LogP contribution in [-0.4, -0.2) is 19.4 Å². The van der Waals surface area contributed by atoms with Crippen molar-refractivity contribution in [2.75, 3.05) is 0 Å². The summed E-state index contributed by atoms with van der Waals surface area (Å²) in [6.07, 6.45) is 1.95. The van der Waals surface area contributed by atoms with E-state index in [0.29, 0.717) is 0 Å². The van der Waals surface area contributed by atoms with Gasteiger partial charge in [-0.2, -0.15) is 0 Å². The van der Waals surface area contributed by atoms with Crippen LogP contribution in [0.2, 0.25) is 0 Å². The van der Waals surface area contributed by atoms with E-state index in [1.807, 2.05) is 18.3 Å². The summed E-state index contributed by atoms with van der Waals surface area (Å²) in [5, 5.41) is 3.27. The fourth-order valence-electron chi connectivity index (χ4n) is 4.34. The first-order chi connectivity index (χ1) is 14.1. The van der Waals surface area contributed by atoms with E-state index >= 15 is 0 Å². The van der Waals surface area contributed by atoms with Gasteiger partial charge >= 0.3 is 0 Å². The molecule has 0 radical (unpaired) electrons. The van der Waals surface area contributed by atoms with Gasteiger partial charge in [0.15, 0.2) is 0 Å². The van der Waals surface area contributed by atoms with Crippen molar-refractivity contribution in [3.8, 4) is 0 Å². The normalized spacial score (nSPS) is 13.7. The summed E-state index contributed by atoms with van der Waals surface area (Å²) in [4.78, 5) is 15.0. The second-order valence-electron chi connectivity index (χ2n) is 10.3. The maximum Gasteiger partial charge on any atom is 0.148 e. The van der Waals surface area contributed by atoms with E-state index < -0.39 is 0 Å². The lowest BCUT2D eigenvalue weighted by Gasteiger charge is -2.21. The van der Waals surface area contributed by atoms with E-state index in [2.05, 4.69) is 64.1 Å². The highest BCUT2D eigenvalue weighted by Crippen LogP contribution is 2.37. The number of hydrogen-bond acceptors (Lipinski definition) is 4. The molecule has 0 aliphatic rings. The molecule has 2 bridgehead atoms. The summed E-state index contributed by atoms with van der Waals surface area (Å²) in [6, 6.07) is 10.5. The highest BCUT2D eigenvalue weighted by molar-refractivity contribution is 6.14. The van der Waals surface area contributed by atoms with Crippen molar-refractivity contribution in [1.82, 2.24) is 19.4 Å². The van der Waals surface area contributed by atoms with Crippen molar-refractivity contribution in [2.45, 2.75) is 52.4 Å². The molecule has 5 nitrogen and oxygen atoms in total. The van der Waals surface area contributed by atoms with Crippen molar-refractivity contribution in [1.29, 1.82) is 0 Å². The number of fused-ring (bicyclic) bond motifs is 10. The van der Waals surface area contributed by atoms with Crippen LogP contribution in [0, 0.1) is 0 Å². The predicted molar refractivity (Wildman–Crippen MR) is 122 cm³/mol. The summed E-state index contributed by atoms with van der Waals surface area (Å²) in [6.45, 7) is 13.1. The minimum atomic E-state index is -0.154. The zero-order chi connectivity index (χ0) is 21.0. The maximum absolute atomic E-state index is 5.89. The molecule has 30 heavy (non-hydrogen) atoms. The Morgan fingerprint density at radius 1 is 0.767 bits per heavy atom. The van der Waals surface area contributed by atoms with Gasteiger partial charge in [-0.1, -0.05) is 41.5 Å². The molecule has 6 aromatic rings. The number of rotatable bonds is 0. The minimum Gasteiger partial charge on any atom is -0.456 e. The third-order valence-corrected chi connectivity index (χ3v) is 5.93. The highest BCUT2D eigenvalue weighted by atomic mass is 16.3. The van der Waals surface area contributed by atoms with Gasteiger partial charge in [-0.05, 0) is 30.3 Å². The van der Waals surface area contributed by atoms with Crippen LogP contribution in [0.5, 0.6) is 0 Å². The molecule has 6 rings (SSSR count). The Labute approximate surface area is 174 Å². The number of furan rings is 2. The van der Waals surface area contributed by atoms with Gasteiger partial charge in [0.1, 0.15) is 22.6 Å². The van der Waals surface area contributed by atoms with Crippen molar-refractivity contribution in [3.63, 3.8) is 0 Å². The number of pyridine rings is 1. The quantitative estimate of drug-likeness (QED) is 0.280. The average Bonchev–Trinajstić information content (AvgIpc) is 3.37. The lowest BCUT2D eigenvalue weighted by molar-refractivity contribution is 0.542. The van der Waals surface area contributed by atoms with Crippen molar-refractivity contribution >= 4 is 49.5 Å². The zero-order valence-electron chi connectivity index (χ0n) is 18.2. The van der Waals surface area contributed by atoms with E-state index in [1.165, 1.54) is 0 Å². The lowest BCUT2D eigenvalue weighted by atomic mass is 9.91. The van der Waals surface area contributed by atoms with Gasteiger partial charge in [0.05, 0.1) is 22.7 Å². The molecule has 0 aliphatic carbocycles. The van der Waals surface area contributed by atoms with Crippen molar-refractivity contribution in [3.05, 3.63) is 48.0 Å². The van der Waals surface area contributed by atoms with Crippen LogP contribution in [0.4, 0.5) is 0 Å². The first-order valence-electron chi connectivity index (χ1n) is 10.4. The lowest BCUT2D eigenvalue weighted by Crippen LogP contribution is -2.19. The molecule has 0 unspecified atom stereocenters. The molecule has 5 aromatic heterocycles. The number of benzene rings is 2. The van der Waals surface area contributed by atoms with Gasteiger partial charge in [-0.15, -0.1) is 0 Å². The molecular formula is C25H24N4O. The maximum atomic E-state index is 5.89. The molecule has 0 saturated carbocycles. The zero-order valence-corrected chi connectivity index (χ0v) is 18.2. The molecule has 0 N–H and O–H groups in total. The van der Waals surface area contributed by atoms with Gasteiger partial charge in [0, 0.05) is 32.7 Å². The third-order valence-electron chi connectivity index (χ3n) is 5.93. The van der Waals surface area contributed by atoms with Crippen LogP contribution in [0.25, 0.3) is 49.5 Å². The Bertz CT molecular complexity index is 1610. The van der Waals surface area contributed by atoms with E-state index in [4.69, 9.17) is 19.4 Å². The summed E-state index contributed by atoms with van der Waals surface area (Å²) < 4.78 is 8.08. The van der Waals surface area contributed by atoms with E-state index in [1.54, 1.807) is 0 Å². The van der Waals surface area contributed by atoms with Crippen LogP contribution in [0.15, 0.2) is 40.9 Å². The third kappa shape index (κ3) is 2.26. The average molecular weight is 396 g/mol. The van der Waals surface area contributed by atoms with Gasteiger partial charge in [0.25, 0.3) is 0 Å². The van der Waals surface area contributed by atoms with Crippen LogP contribution in [0.1, 0.15) is 53.1 Å². The Hall–Kier alpha value is -3.21. The molecule has 150 valence electrons. The Morgan fingerprint density at radius 2 is 1.47 bits per heavy atom. The molecule has 5 heterocycles.